The molecular weight excluding hydrogens is 132 g/mol. The molecule has 3 heteroatoms. The fourth-order valence-corrected chi connectivity index (χ4v) is 1.81. The van der Waals surface area contributed by atoms with Gasteiger partial charge < -0.3 is 5.32 Å². The van der Waals surface area contributed by atoms with Crippen LogP contribution >= 0.6 is 11.9 Å². The van der Waals surface area contributed by atoms with Crippen LogP contribution in [0.15, 0.2) is 22.8 Å². The van der Waals surface area contributed by atoms with Gasteiger partial charge in [-0.25, -0.2) is 0 Å². The van der Waals surface area contributed by atoms with Crippen molar-refractivity contribution in [2.75, 3.05) is 13.1 Å². The number of hydrogen-bond acceptors (Lipinski definition) is 3. The minimum Gasteiger partial charge on any atom is -0.387 e. The van der Waals surface area contributed by atoms with E-state index in [1.54, 1.807) is 11.9 Å². The van der Waals surface area contributed by atoms with Gasteiger partial charge in [-0.2, -0.15) is 0 Å². The molecule has 0 unspecified atom stereocenters. The highest BCUT2D eigenvalue weighted by atomic mass is 32.2. The molecule has 0 fully saturated rings. The van der Waals surface area contributed by atoms with Crippen molar-refractivity contribution in [3.05, 3.63) is 22.8 Å². The Labute approximate surface area is 58.5 Å². The molecule has 0 aliphatic carbocycles. The topological polar surface area (TPSA) is 24.1 Å². The molecule has 2 N–H and O–H groups in total. The zero-order valence-electron chi connectivity index (χ0n) is 4.98. The summed E-state index contributed by atoms with van der Waals surface area (Å²) in [7, 11) is 0. The predicted octanol–water partition coefficient (Wildman–Crippen LogP) is 0.609. The second kappa shape index (κ2) is 2.08. The number of rotatable bonds is 0. The Hall–Kier alpha value is -0.410. The van der Waals surface area contributed by atoms with E-state index in [0.717, 1.165) is 13.1 Å². The molecule has 0 amide bonds. The van der Waals surface area contributed by atoms with Crippen molar-refractivity contribution in [2.45, 2.75) is 0 Å². The Kier molecular flexibility index (Phi) is 1.24. The Bertz CT molecular complexity index is 183. The van der Waals surface area contributed by atoms with E-state index in [-0.39, 0.29) is 0 Å². The monoisotopic (exact) mass is 140 g/mol. The van der Waals surface area contributed by atoms with Gasteiger partial charge in [0, 0.05) is 18.0 Å². The van der Waals surface area contributed by atoms with Crippen LogP contribution in [0.2, 0.25) is 0 Å². The van der Waals surface area contributed by atoms with Crippen LogP contribution in [-0.4, -0.2) is 13.1 Å². The van der Waals surface area contributed by atoms with Gasteiger partial charge in [0.05, 0.1) is 0 Å². The second-order valence-corrected chi connectivity index (χ2v) is 3.04. The van der Waals surface area contributed by atoms with E-state index in [1.165, 1.54) is 10.5 Å². The molecule has 0 aromatic rings. The summed E-state index contributed by atoms with van der Waals surface area (Å²) in [6.45, 7) is 2.06. The molecule has 2 nitrogen and oxygen atoms in total. The largest absolute Gasteiger partial charge is 0.387 e. The summed E-state index contributed by atoms with van der Waals surface area (Å²) in [6.07, 6.45) is 4.11. The van der Waals surface area contributed by atoms with Gasteiger partial charge in [0.25, 0.3) is 0 Å². The van der Waals surface area contributed by atoms with Crippen LogP contribution in [0.25, 0.3) is 0 Å². The highest BCUT2D eigenvalue weighted by molar-refractivity contribution is 8.01. The molecule has 0 spiro atoms. The summed E-state index contributed by atoms with van der Waals surface area (Å²) in [5.41, 5.74) is 1.49. The Balaban J connectivity index is 2.28. The lowest BCUT2D eigenvalue weighted by Crippen LogP contribution is -2.15. The third-order valence-electron chi connectivity index (χ3n) is 1.48. The molecular formula is C6H8N2S. The summed E-state index contributed by atoms with van der Waals surface area (Å²) >= 11 is 1.73. The molecule has 0 atom stereocenters. The smallest absolute Gasteiger partial charge is 0.0382 e. The van der Waals surface area contributed by atoms with Gasteiger partial charge in [-0.05, 0) is 29.8 Å². The van der Waals surface area contributed by atoms with Crippen molar-refractivity contribution in [1.82, 2.24) is 10.0 Å². The van der Waals surface area contributed by atoms with E-state index in [0.29, 0.717) is 0 Å². The molecule has 0 saturated carbocycles. The number of dihydropyridines is 1. The van der Waals surface area contributed by atoms with E-state index in [4.69, 9.17) is 0 Å². The van der Waals surface area contributed by atoms with Crippen molar-refractivity contribution in [3.8, 4) is 0 Å². The van der Waals surface area contributed by atoms with E-state index < -0.39 is 0 Å². The normalized spacial score (nSPS) is 24.0. The molecule has 2 aliphatic rings. The van der Waals surface area contributed by atoms with Gasteiger partial charge in [0.1, 0.15) is 0 Å². The van der Waals surface area contributed by atoms with Gasteiger partial charge in [0.15, 0.2) is 0 Å². The number of allylic oxidation sites excluding steroid dienone is 1. The average Bonchev–Trinajstić information content (AvgIpc) is 2.33. The lowest BCUT2D eigenvalue weighted by molar-refractivity contribution is 0.882. The highest BCUT2D eigenvalue weighted by Crippen LogP contribution is 2.25. The fraction of sp³-hybridized carbons (Fsp3) is 0.333. The van der Waals surface area contributed by atoms with Crippen molar-refractivity contribution in [2.24, 2.45) is 0 Å². The van der Waals surface area contributed by atoms with Crippen LogP contribution in [0.1, 0.15) is 0 Å². The third kappa shape index (κ3) is 0.862. The first-order valence-corrected chi connectivity index (χ1v) is 3.80. The summed E-state index contributed by atoms with van der Waals surface area (Å²) in [5, 5.41) is 3.16. The van der Waals surface area contributed by atoms with Crippen molar-refractivity contribution >= 4 is 11.9 Å². The molecule has 9 heavy (non-hydrogen) atoms. The molecule has 0 aromatic carbocycles. The van der Waals surface area contributed by atoms with Gasteiger partial charge in [-0.1, -0.05) is 0 Å². The molecule has 2 rings (SSSR count). The first-order valence-electron chi connectivity index (χ1n) is 2.98. The standard InChI is InChI=1S/C6H8N2S/c1-2-7-3-5-4-8-9-6(1)5/h1-2,7-8H,3-4H2. The summed E-state index contributed by atoms with van der Waals surface area (Å²) in [6, 6.07) is 0. The lowest BCUT2D eigenvalue weighted by Gasteiger charge is -2.06. The first kappa shape index (κ1) is 5.38. The SMILES string of the molecule is C1=CC2=C(CN1)CNS2. The summed E-state index contributed by atoms with van der Waals surface area (Å²) < 4.78 is 3.22. The number of hydrogen-bond donors (Lipinski definition) is 2. The van der Waals surface area contributed by atoms with Gasteiger partial charge in [-0.3, -0.25) is 4.72 Å². The Morgan fingerprint density at radius 1 is 1.44 bits per heavy atom. The van der Waals surface area contributed by atoms with Crippen molar-refractivity contribution in [1.29, 1.82) is 0 Å². The molecule has 0 saturated heterocycles. The average molecular weight is 140 g/mol. The molecule has 2 heterocycles. The van der Waals surface area contributed by atoms with Crippen molar-refractivity contribution in [3.63, 3.8) is 0 Å². The maximum Gasteiger partial charge on any atom is 0.0382 e. The van der Waals surface area contributed by atoms with E-state index in [9.17, 15) is 0 Å². The van der Waals surface area contributed by atoms with Crippen LogP contribution in [0.5, 0.6) is 0 Å². The summed E-state index contributed by atoms with van der Waals surface area (Å²) in [4.78, 5) is 1.40. The van der Waals surface area contributed by atoms with Crippen LogP contribution in [-0.2, 0) is 0 Å². The highest BCUT2D eigenvalue weighted by Gasteiger charge is 2.13. The Morgan fingerprint density at radius 3 is 3.33 bits per heavy atom. The van der Waals surface area contributed by atoms with Crippen LogP contribution in [0, 0.1) is 0 Å². The molecule has 0 radical (unpaired) electrons. The van der Waals surface area contributed by atoms with Gasteiger partial charge in [-0.15, -0.1) is 0 Å². The van der Waals surface area contributed by atoms with Crippen molar-refractivity contribution < 1.29 is 0 Å². The van der Waals surface area contributed by atoms with Crippen LogP contribution in [0.3, 0.4) is 0 Å². The minimum absolute atomic E-state index is 1.02. The van der Waals surface area contributed by atoms with E-state index in [1.807, 2.05) is 6.20 Å². The number of nitrogens with one attached hydrogen (secondary N) is 2. The maximum absolute atomic E-state index is 3.22. The molecule has 0 aromatic heterocycles. The lowest BCUT2D eigenvalue weighted by atomic mass is 10.2. The van der Waals surface area contributed by atoms with E-state index in [2.05, 4.69) is 16.1 Å². The second-order valence-electron chi connectivity index (χ2n) is 2.11. The zero-order valence-corrected chi connectivity index (χ0v) is 5.79. The maximum atomic E-state index is 3.22. The zero-order chi connectivity index (χ0) is 6.10. The Morgan fingerprint density at radius 2 is 2.44 bits per heavy atom. The summed E-state index contributed by atoms with van der Waals surface area (Å²) in [5.74, 6) is 0. The molecule has 0 bridgehead atoms. The fourth-order valence-electron chi connectivity index (χ4n) is 0.978. The third-order valence-corrected chi connectivity index (χ3v) is 2.42. The molecule has 48 valence electrons. The predicted molar refractivity (Wildman–Crippen MR) is 39.8 cm³/mol. The first-order chi connectivity index (χ1) is 4.47. The minimum atomic E-state index is 1.02. The molecule has 2 aliphatic heterocycles. The van der Waals surface area contributed by atoms with Gasteiger partial charge >= 0.3 is 0 Å². The van der Waals surface area contributed by atoms with E-state index >= 15 is 0 Å². The van der Waals surface area contributed by atoms with Crippen LogP contribution in [0.4, 0.5) is 0 Å². The van der Waals surface area contributed by atoms with Gasteiger partial charge in [0.2, 0.25) is 0 Å². The van der Waals surface area contributed by atoms with Crippen LogP contribution < -0.4 is 10.0 Å². The quantitative estimate of drug-likeness (QED) is 0.482.